The van der Waals surface area contributed by atoms with E-state index in [-0.39, 0.29) is 10.6 Å². The van der Waals surface area contributed by atoms with Crippen LogP contribution < -0.4 is 0 Å². The van der Waals surface area contributed by atoms with Crippen LogP contribution in [0.25, 0.3) is 0 Å². The highest BCUT2D eigenvalue weighted by molar-refractivity contribution is 6.30. The lowest BCUT2D eigenvalue weighted by Gasteiger charge is -2.43. The van der Waals surface area contributed by atoms with Gasteiger partial charge in [-0.1, -0.05) is 43.4 Å². The maximum atomic E-state index is 13.6. The number of aliphatic hydroxyl groups excluding tert-OH is 1. The predicted octanol–water partition coefficient (Wildman–Crippen LogP) is 4.04. The van der Waals surface area contributed by atoms with Crippen molar-refractivity contribution in [1.29, 1.82) is 0 Å². The monoisotopic (exact) mass is 313 g/mol. The van der Waals surface area contributed by atoms with Crippen molar-refractivity contribution >= 4 is 11.6 Å². The van der Waals surface area contributed by atoms with Crippen LogP contribution in [0.5, 0.6) is 0 Å². The molecule has 1 aromatic carbocycles. The highest BCUT2D eigenvalue weighted by atomic mass is 35.5. The number of benzene rings is 1. The third-order valence-electron chi connectivity index (χ3n) is 4.89. The van der Waals surface area contributed by atoms with Crippen molar-refractivity contribution in [2.45, 2.75) is 56.6 Å². The molecule has 1 aromatic rings. The first-order valence-electron chi connectivity index (χ1n) is 7.75. The fourth-order valence-corrected chi connectivity index (χ4v) is 3.62. The smallest absolute Gasteiger partial charge is 0.142 e. The van der Waals surface area contributed by atoms with Gasteiger partial charge >= 0.3 is 0 Å². The maximum absolute atomic E-state index is 13.6. The lowest BCUT2D eigenvalue weighted by Crippen LogP contribution is -2.54. The zero-order valence-electron chi connectivity index (χ0n) is 12.9. The molecule has 1 aliphatic carbocycles. The predicted molar refractivity (Wildman–Crippen MR) is 85.2 cm³/mol. The molecule has 0 saturated heterocycles. The van der Waals surface area contributed by atoms with Crippen molar-refractivity contribution in [2.75, 3.05) is 14.1 Å². The van der Waals surface area contributed by atoms with E-state index in [1.165, 1.54) is 18.9 Å². The van der Waals surface area contributed by atoms with Crippen molar-refractivity contribution in [3.63, 3.8) is 0 Å². The van der Waals surface area contributed by atoms with Crippen LogP contribution in [0.2, 0.25) is 5.02 Å². The van der Waals surface area contributed by atoms with Gasteiger partial charge in [0.05, 0.1) is 11.1 Å². The van der Waals surface area contributed by atoms with E-state index < -0.39 is 11.9 Å². The maximum Gasteiger partial charge on any atom is 0.142 e. The molecule has 0 radical (unpaired) electrons. The molecule has 1 fully saturated rings. The summed E-state index contributed by atoms with van der Waals surface area (Å²) in [4.78, 5) is 2.16. The molecule has 118 valence electrons. The topological polar surface area (TPSA) is 23.5 Å². The lowest BCUT2D eigenvalue weighted by molar-refractivity contribution is -0.0174. The third kappa shape index (κ3) is 3.77. The van der Waals surface area contributed by atoms with Gasteiger partial charge in [-0.2, -0.15) is 0 Å². The lowest BCUT2D eigenvalue weighted by atomic mass is 9.80. The van der Waals surface area contributed by atoms with Crippen LogP contribution in [0.4, 0.5) is 4.39 Å². The number of nitrogens with zero attached hydrogens (tertiary/aromatic N) is 1. The van der Waals surface area contributed by atoms with Gasteiger partial charge in [0.2, 0.25) is 0 Å². The first kappa shape index (κ1) is 16.7. The molecule has 1 saturated carbocycles. The number of rotatable bonds is 4. The Kier molecular flexibility index (Phi) is 5.64. The Hall–Kier alpha value is -0.640. The Labute approximate surface area is 131 Å². The largest absolute Gasteiger partial charge is 0.391 e. The summed E-state index contributed by atoms with van der Waals surface area (Å²) in [6, 6.07) is 4.80. The second kappa shape index (κ2) is 7.08. The van der Waals surface area contributed by atoms with E-state index >= 15 is 0 Å². The quantitative estimate of drug-likeness (QED) is 0.848. The van der Waals surface area contributed by atoms with Crippen LogP contribution in [0.1, 0.15) is 44.1 Å². The molecule has 0 spiro atoms. The van der Waals surface area contributed by atoms with Gasteiger partial charge in [0.15, 0.2) is 0 Å². The van der Waals surface area contributed by atoms with E-state index in [1.807, 2.05) is 14.1 Å². The van der Waals surface area contributed by atoms with Gasteiger partial charge in [-0.15, -0.1) is 0 Å². The summed E-state index contributed by atoms with van der Waals surface area (Å²) in [7, 11) is 4.08. The van der Waals surface area contributed by atoms with Gasteiger partial charge in [0, 0.05) is 12.0 Å². The van der Waals surface area contributed by atoms with E-state index in [9.17, 15) is 9.50 Å². The summed E-state index contributed by atoms with van der Waals surface area (Å²) >= 11 is 5.72. The van der Waals surface area contributed by atoms with Gasteiger partial charge < -0.3 is 10.0 Å². The van der Waals surface area contributed by atoms with E-state index in [2.05, 4.69) is 4.90 Å². The summed E-state index contributed by atoms with van der Waals surface area (Å²) in [5, 5.41) is 11.0. The molecule has 0 amide bonds. The van der Waals surface area contributed by atoms with Crippen LogP contribution in [0, 0.1) is 5.82 Å². The van der Waals surface area contributed by atoms with Crippen LogP contribution in [-0.2, 0) is 6.42 Å². The molecule has 21 heavy (non-hydrogen) atoms. The molecule has 2 rings (SSSR count). The molecular weight excluding hydrogens is 289 g/mol. The zero-order chi connectivity index (χ0) is 15.5. The SMILES string of the molecule is CN(C)C1(C(O)Cc2ccc(Cl)c(F)c2)CCCCCC1. The minimum absolute atomic E-state index is 0.130. The van der Waals surface area contributed by atoms with E-state index in [0.29, 0.717) is 6.42 Å². The first-order chi connectivity index (χ1) is 9.95. The molecule has 0 aromatic heterocycles. The van der Waals surface area contributed by atoms with Gasteiger partial charge in [-0.25, -0.2) is 4.39 Å². The van der Waals surface area contributed by atoms with Crippen LogP contribution in [-0.4, -0.2) is 35.7 Å². The fraction of sp³-hybridized carbons (Fsp3) is 0.647. The minimum Gasteiger partial charge on any atom is -0.391 e. The number of hydrogen-bond acceptors (Lipinski definition) is 2. The Morgan fingerprint density at radius 3 is 2.38 bits per heavy atom. The van der Waals surface area contributed by atoms with Crippen molar-refractivity contribution in [3.05, 3.63) is 34.6 Å². The third-order valence-corrected chi connectivity index (χ3v) is 5.20. The summed E-state index contributed by atoms with van der Waals surface area (Å²) in [5.74, 6) is -0.416. The highest BCUT2D eigenvalue weighted by Crippen LogP contribution is 2.35. The highest BCUT2D eigenvalue weighted by Gasteiger charge is 2.39. The molecule has 0 heterocycles. The van der Waals surface area contributed by atoms with Gasteiger partial charge in [0.25, 0.3) is 0 Å². The van der Waals surface area contributed by atoms with Crippen LogP contribution in [0.3, 0.4) is 0 Å². The second-order valence-corrected chi connectivity index (χ2v) is 6.79. The van der Waals surface area contributed by atoms with Crippen molar-refractivity contribution in [1.82, 2.24) is 4.90 Å². The number of hydrogen-bond donors (Lipinski definition) is 1. The Bertz CT molecular complexity index is 470. The van der Waals surface area contributed by atoms with Gasteiger partial charge in [-0.05, 0) is 44.6 Å². The van der Waals surface area contributed by atoms with E-state index in [0.717, 1.165) is 31.2 Å². The average Bonchev–Trinajstić information content (AvgIpc) is 2.69. The first-order valence-corrected chi connectivity index (χ1v) is 8.13. The Morgan fingerprint density at radius 1 is 1.24 bits per heavy atom. The normalized spacial score (nSPS) is 20.3. The molecule has 0 bridgehead atoms. The standard InChI is InChI=1S/C17H25ClFNO/c1-20(2)17(9-5-3-4-6-10-17)16(21)12-13-7-8-14(18)15(19)11-13/h7-8,11,16,21H,3-6,9-10,12H2,1-2H3. The number of aliphatic hydroxyl groups is 1. The summed E-state index contributed by atoms with van der Waals surface area (Å²) in [6.07, 6.45) is 6.72. The minimum atomic E-state index is -0.494. The van der Waals surface area contributed by atoms with E-state index in [1.54, 1.807) is 12.1 Å². The summed E-state index contributed by atoms with van der Waals surface area (Å²) < 4.78 is 13.6. The number of halogens is 2. The molecule has 1 aliphatic rings. The summed E-state index contributed by atoms with van der Waals surface area (Å²) in [5.41, 5.74) is 0.599. The van der Waals surface area contributed by atoms with E-state index in [4.69, 9.17) is 11.6 Å². The Morgan fingerprint density at radius 2 is 1.86 bits per heavy atom. The molecule has 4 heteroatoms. The molecule has 1 atom stereocenters. The molecule has 1 unspecified atom stereocenters. The molecular formula is C17H25ClFNO. The second-order valence-electron chi connectivity index (χ2n) is 6.38. The molecule has 1 N–H and O–H groups in total. The zero-order valence-corrected chi connectivity index (χ0v) is 13.7. The van der Waals surface area contributed by atoms with Crippen LogP contribution in [0.15, 0.2) is 18.2 Å². The van der Waals surface area contributed by atoms with Crippen molar-refractivity contribution < 1.29 is 9.50 Å². The van der Waals surface area contributed by atoms with Crippen molar-refractivity contribution in [2.24, 2.45) is 0 Å². The molecule has 0 aliphatic heterocycles. The van der Waals surface area contributed by atoms with Gasteiger partial charge in [-0.3, -0.25) is 0 Å². The van der Waals surface area contributed by atoms with Gasteiger partial charge in [0.1, 0.15) is 5.82 Å². The molecule has 2 nitrogen and oxygen atoms in total. The fourth-order valence-electron chi connectivity index (χ4n) is 3.50. The summed E-state index contributed by atoms with van der Waals surface area (Å²) in [6.45, 7) is 0. The number of likely N-dealkylation sites (N-methyl/N-ethyl adjacent to an activating group) is 1. The van der Waals surface area contributed by atoms with Crippen molar-refractivity contribution in [3.8, 4) is 0 Å². The van der Waals surface area contributed by atoms with Crippen LogP contribution >= 0.6 is 11.6 Å². The average molecular weight is 314 g/mol. The Balaban J connectivity index is 2.17.